The van der Waals surface area contributed by atoms with Crippen LogP contribution in [0.2, 0.25) is 0 Å². The standard InChI is InChI=1S/C25H27FN2O2/c1-15(2)24(30)28-20-12-8-7-11-18(20)27-19-13-25(3,4)14-21(29)22(19)23(28)16-9-5-6-10-17(16)26/h5-12,15,23,27H,13-14H2,1-4H3. The topological polar surface area (TPSA) is 49.4 Å². The summed E-state index contributed by atoms with van der Waals surface area (Å²) in [5.74, 6) is -0.933. The van der Waals surface area contributed by atoms with Gasteiger partial charge in [-0.2, -0.15) is 0 Å². The summed E-state index contributed by atoms with van der Waals surface area (Å²) in [5.41, 5.74) is 2.80. The van der Waals surface area contributed by atoms with Gasteiger partial charge in [-0.3, -0.25) is 14.5 Å². The first-order valence-corrected chi connectivity index (χ1v) is 10.4. The molecule has 0 fully saturated rings. The third kappa shape index (κ3) is 3.42. The molecule has 0 saturated carbocycles. The van der Waals surface area contributed by atoms with E-state index in [0.29, 0.717) is 29.7 Å². The fourth-order valence-electron chi connectivity index (χ4n) is 4.50. The minimum absolute atomic E-state index is 0.0450. The van der Waals surface area contributed by atoms with Gasteiger partial charge in [-0.1, -0.05) is 58.0 Å². The van der Waals surface area contributed by atoms with Crippen LogP contribution in [0.3, 0.4) is 0 Å². The summed E-state index contributed by atoms with van der Waals surface area (Å²) in [7, 11) is 0. The molecule has 1 heterocycles. The molecule has 1 unspecified atom stereocenters. The second kappa shape index (κ2) is 7.38. The van der Waals surface area contributed by atoms with E-state index in [1.807, 2.05) is 38.1 Å². The van der Waals surface area contributed by atoms with Crippen LogP contribution in [0.1, 0.15) is 52.1 Å². The maximum atomic E-state index is 15.1. The summed E-state index contributed by atoms with van der Waals surface area (Å²) in [6, 6.07) is 13.1. The number of nitrogens with one attached hydrogen (secondary N) is 1. The molecule has 1 aliphatic carbocycles. The zero-order chi connectivity index (χ0) is 21.6. The Morgan fingerprint density at radius 2 is 1.77 bits per heavy atom. The Morgan fingerprint density at radius 1 is 1.10 bits per heavy atom. The number of para-hydroxylation sites is 2. The van der Waals surface area contributed by atoms with Crippen molar-refractivity contribution in [1.82, 2.24) is 0 Å². The van der Waals surface area contributed by atoms with Gasteiger partial charge in [-0.05, 0) is 30.0 Å². The van der Waals surface area contributed by atoms with Crippen LogP contribution < -0.4 is 10.2 Å². The molecule has 1 atom stereocenters. The van der Waals surface area contributed by atoms with E-state index in [0.717, 1.165) is 11.4 Å². The van der Waals surface area contributed by atoms with E-state index in [4.69, 9.17) is 0 Å². The smallest absolute Gasteiger partial charge is 0.230 e. The number of hydrogen-bond donors (Lipinski definition) is 1. The Labute approximate surface area is 176 Å². The molecule has 2 aliphatic rings. The van der Waals surface area contributed by atoms with Crippen molar-refractivity contribution < 1.29 is 14.0 Å². The highest BCUT2D eigenvalue weighted by Crippen LogP contribution is 2.48. The van der Waals surface area contributed by atoms with Gasteiger partial charge in [0.05, 0.1) is 17.4 Å². The third-order valence-corrected chi connectivity index (χ3v) is 5.83. The number of carbonyl (C=O) groups excluding carboxylic acids is 2. The molecule has 0 spiro atoms. The number of fused-ring (bicyclic) bond motifs is 1. The molecule has 0 radical (unpaired) electrons. The largest absolute Gasteiger partial charge is 0.357 e. The average molecular weight is 407 g/mol. The number of carbonyl (C=O) groups is 2. The van der Waals surface area contributed by atoms with Gasteiger partial charge in [0.2, 0.25) is 5.91 Å². The van der Waals surface area contributed by atoms with Gasteiger partial charge in [0, 0.05) is 29.2 Å². The van der Waals surface area contributed by atoms with Crippen molar-refractivity contribution in [2.75, 3.05) is 10.2 Å². The number of ketones is 1. The zero-order valence-corrected chi connectivity index (χ0v) is 17.8. The van der Waals surface area contributed by atoms with Gasteiger partial charge in [0.15, 0.2) is 5.78 Å². The minimum Gasteiger partial charge on any atom is -0.357 e. The van der Waals surface area contributed by atoms with Gasteiger partial charge in [-0.15, -0.1) is 0 Å². The molecule has 1 amide bonds. The number of rotatable bonds is 2. The van der Waals surface area contributed by atoms with E-state index >= 15 is 4.39 Å². The number of hydrogen-bond acceptors (Lipinski definition) is 3. The van der Waals surface area contributed by atoms with Crippen LogP contribution in [0.25, 0.3) is 0 Å². The quantitative estimate of drug-likeness (QED) is 0.704. The van der Waals surface area contributed by atoms with Crippen molar-refractivity contribution in [1.29, 1.82) is 0 Å². The number of nitrogens with zero attached hydrogens (tertiary/aromatic N) is 1. The van der Waals surface area contributed by atoms with Gasteiger partial charge in [0.1, 0.15) is 5.82 Å². The number of Topliss-reactive ketones (excluding diaryl/α,β-unsaturated/α-hetero) is 1. The van der Waals surface area contributed by atoms with Gasteiger partial charge in [-0.25, -0.2) is 4.39 Å². The molecule has 30 heavy (non-hydrogen) atoms. The molecule has 1 aliphatic heterocycles. The molecule has 156 valence electrons. The summed E-state index contributed by atoms with van der Waals surface area (Å²) in [6.07, 6.45) is 1.01. The number of allylic oxidation sites excluding steroid dienone is 1. The third-order valence-electron chi connectivity index (χ3n) is 5.83. The van der Waals surface area contributed by atoms with Crippen LogP contribution in [-0.2, 0) is 9.59 Å². The van der Waals surface area contributed by atoms with Crippen molar-refractivity contribution in [3.8, 4) is 0 Å². The van der Waals surface area contributed by atoms with E-state index in [2.05, 4.69) is 19.2 Å². The number of benzene rings is 2. The van der Waals surface area contributed by atoms with Crippen molar-refractivity contribution in [2.45, 2.75) is 46.6 Å². The van der Waals surface area contributed by atoms with Gasteiger partial charge >= 0.3 is 0 Å². The molecule has 2 aromatic carbocycles. The van der Waals surface area contributed by atoms with E-state index in [-0.39, 0.29) is 23.0 Å². The van der Waals surface area contributed by atoms with Crippen LogP contribution in [0.5, 0.6) is 0 Å². The van der Waals surface area contributed by atoms with Gasteiger partial charge in [0.25, 0.3) is 0 Å². The maximum absolute atomic E-state index is 15.1. The molecule has 5 heteroatoms. The Balaban J connectivity index is 2.05. The summed E-state index contributed by atoms with van der Waals surface area (Å²) in [6.45, 7) is 7.76. The van der Waals surface area contributed by atoms with Crippen LogP contribution in [-0.4, -0.2) is 11.7 Å². The van der Waals surface area contributed by atoms with E-state index in [1.54, 1.807) is 23.1 Å². The van der Waals surface area contributed by atoms with Crippen molar-refractivity contribution in [3.05, 3.63) is 71.2 Å². The van der Waals surface area contributed by atoms with E-state index in [1.165, 1.54) is 6.07 Å². The molecular formula is C25H27FN2O2. The lowest BCUT2D eigenvalue weighted by atomic mass is 9.73. The maximum Gasteiger partial charge on any atom is 0.230 e. The normalized spacial score (nSPS) is 20.4. The van der Waals surface area contributed by atoms with Crippen molar-refractivity contribution >= 4 is 23.1 Å². The molecule has 0 bridgehead atoms. The highest BCUT2D eigenvalue weighted by Gasteiger charge is 2.44. The lowest BCUT2D eigenvalue weighted by molar-refractivity contribution is -0.122. The molecule has 4 nitrogen and oxygen atoms in total. The SMILES string of the molecule is CC(C)C(=O)N1c2ccccc2NC2=C(C(=O)CC(C)(C)C2)C1c1ccccc1F. The zero-order valence-electron chi connectivity index (χ0n) is 17.8. The van der Waals surface area contributed by atoms with E-state index in [9.17, 15) is 9.59 Å². The first-order chi connectivity index (χ1) is 14.2. The Kier molecular flexibility index (Phi) is 5.00. The second-order valence-electron chi connectivity index (χ2n) is 9.26. The highest BCUT2D eigenvalue weighted by molar-refractivity contribution is 6.06. The Morgan fingerprint density at radius 3 is 2.47 bits per heavy atom. The number of halogens is 1. The molecule has 2 aromatic rings. The summed E-state index contributed by atoms with van der Waals surface area (Å²) in [5, 5.41) is 3.43. The van der Waals surface area contributed by atoms with Crippen LogP contribution in [0.4, 0.5) is 15.8 Å². The second-order valence-corrected chi connectivity index (χ2v) is 9.26. The first kappa shape index (κ1) is 20.3. The molecule has 1 N–H and O–H groups in total. The average Bonchev–Trinajstić information content (AvgIpc) is 2.80. The lowest BCUT2D eigenvalue weighted by Crippen LogP contribution is -2.41. The summed E-state index contributed by atoms with van der Waals surface area (Å²) in [4.78, 5) is 28.5. The fourth-order valence-corrected chi connectivity index (χ4v) is 4.50. The molecule has 0 aromatic heterocycles. The number of amides is 1. The number of anilines is 2. The Hall–Kier alpha value is -2.95. The molecular weight excluding hydrogens is 379 g/mol. The summed E-state index contributed by atoms with van der Waals surface area (Å²) >= 11 is 0. The van der Waals surface area contributed by atoms with Crippen molar-refractivity contribution in [3.63, 3.8) is 0 Å². The van der Waals surface area contributed by atoms with Crippen molar-refractivity contribution in [2.24, 2.45) is 11.3 Å². The van der Waals surface area contributed by atoms with Crippen LogP contribution in [0, 0.1) is 17.2 Å². The van der Waals surface area contributed by atoms with Crippen LogP contribution >= 0.6 is 0 Å². The van der Waals surface area contributed by atoms with Crippen LogP contribution in [0.15, 0.2) is 59.8 Å². The predicted molar refractivity (Wildman–Crippen MR) is 117 cm³/mol. The molecule has 0 saturated heterocycles. The van der Waals surface area contributed by atoms with E-state index < -0.39 is 11.9 Å². The predicted octanol–water partition coefficient (Wildman–Crippen LogP) is 5.62. The minimum atomic E-state index is -0.809. The van der Waals surface area contributed by atoms with Gasteiger partial charge < -0.3 is 5.32 Å². The lowest BCUT2D eigenvalue weighted by Gasteiger charge is -2.37. The monoisotopic (exact) mass is 406 g/mol. The summed E-state index contributed by atoms with van der Waals surface area (Å²) < 4.78 is 15.1. The Bertz CT molecular complexity index is 1050. The first-order valence-electron chi connectivity index (χ1n) is 10.4. The fraction of sp³-hybridized carbons (Fsp3) is 0.360. The molecule has 4 rings (SSSR count). The highest BCUT2D eigenvalue weighted by atomic mass is 19.1.